The minimum Gasteiger partial charge on any atom is -0.465 e. The van der Waals surface area contributed by atoms with E-state index in [1.165, 1.54) is 13.3 Å². The van der Waals surface area contributed by atoms with Crippen molar-refractivity contribution in [2.24, 2.45) is 10.6 Å². The largest absolute Gasteiger partial charge is 0.465 e. The molecule has 0 unspecified atom stereocenters. The third-order valence-corrected chi connectivity index (χ3v) is 3.03. The van der Waals surface area contributed by atoms with E-state index in [1.54, 1.807) is 20.8 Å². The van der Waals surface area contributed by atoms with Gasteiger partial charge in [0.05, 0.1) is 19.8 Å². The molecule has 0 aliphatic heterocycles. The van der Waals surface area contributed by atoms with Gasteiger partial charge in [0.25, 0.3) is 0 Å². The lowest BCUT2D eigenvalue weighted by molar-refractivity contribution is -0.171. The van der Waals surface area contributed by atoms with Crippen molar-refractivity contribution in [1.82, 2.24) is 0 Å². The summed E-state index contributed by atoms with van der Waals surface area (Å²) in [6.07, 6.45) is 0.766. The molecule has 0 aromatic carbocycles. The van der Waals surface area contributed by atoms with Gasteiger partial charge in [0, 0.05) is 24.6 Å². The fourth-order valence-corrected chi connectivity index (χ4v) is 1.94. The molecule has 0 heterocycles. The van der Waals surface area contributed by atoms with E-state index in [1.807, 2.05) is 0 Å². The van der Waals surface area contributed by atoms with E-state index in [-0.39, 0.29) is 38.2 Å². The highest BCUT2D eigenvalue weighted by atomic mass is 16.6. The number of rotatable bonds is 11. The van der Waals surface area contributed by atoms with Crippen LogP contribution in [0.25, 0.3) is 0 Å². The van der Waals surface area contributed by atoms with Crippen LogP contribution in [-0.2, 0) is 33.4 Å². The van der Waals surface area contributed by atoms with Gasteiger partial charge in [-0.05, 0) is 20.8 Å². The first-order chi connectivity index (χ1) is 11.4. The third kappa shape index (κ3) is 6.02. The van der Waals surface area contributed by atoms with Crippen molar-refractivity contribution < 1.29 is 33.4 Å². The minimum atomic E-state index is -1.78. The second kappa shape index (κ2) is 11.2. The van der Waals surface area contributed by atoms with E-state index < -0.39 is 23.3 Å². The number of hydrogen-bond acceptors (Lipinski definition) is 8. The number of ether oxygens (including phenoxy) is 3. The summed E-state index contributed by atoms with van der Waals surface area (Å²) >= 11 is 0. The molecule has 0 aliphatic rings. The Hall–Kier alpha value is -2.38. The first kappa shape index (κ1) is 21.6. The summed E-state index contributed by atoms with van der Waals surface area (Å²) in [6.45, 7) is 8.73. The summed E-state index contributed by atoms with van der Waals surface area (Å²) in [5.74, 6) is -2.34. The highest BCUT2D eigenvalue weighted by Gasteiger charge is 2.49. The maximum atomic E-state index is 12.5. The molecule has 8 nitrogen and oxygen atoms in total. The predicted octanol–water partition coefficient (Wildman–Crippen LogP) is 1.63. The molecule has 0 N–H and O–H groups in total. The van der Waals surface area contributed by atoms with E-state index in [2.05, 4.69) is 16.6 Å². The second-order valence-electron chi connectivity index (χ2n) is 4.70. The standard InChI is InChI=1S/C16H25NO7/c1-6-22-13(18)12(4)11-16(9-10-17-21-5,14(19)23-7-2)15(20)24-8-3/h10H,4,6-9,11H2,1-3,5H3/b17-10+. The van der Waals surface area contributed by atoms with E-state index in [0.29, 0.717) is 0 Å². The molecule has 136 valence electrons. The molecule has 0 fully saturated rings. The van der Waals surface area contributed by atoms with Crippen LogP contribution in [0, 0.1) is 5.41 Å². The number of esters is 3. The van der Waals surface area contributed by atoms with Crippen molar-refractivity contribution in [2.75, 3.05) is 26.9 Å². The van der Waals surface area contributed by atoms with Crippen LogP contribution in [-0.4, -0.2) is 51.1 Å². The molecular weight excluding hydrogens is 318 g/mol. The first-order valence-corrected chi connectivity index (χ1v) is 7.63. The minimum absolute atomic E-state index is 0.0382. The highest BCUT2D eigenvalue weighted by Crippen LogP contribution is 2.33. The van der Waals surface area contributed by atoms with E-state index in [9.17, 15) is 14.4 Å². The quantitative estimate of drug-likeness (QED) is 0.140. The third-order valence-electron chi connectivity index (χ3n) is 3.03. The lowest BCUT2D eigenvalue weighted by atomic mass is 9.79. The molecule has 0 rings (SSSR count). The van der Waals surface area contributed by atoms with Crippen molar-refractivity contribution in [3.8, 4) is 0 Å². The summed E-state index contributed by atoms with van der Waals surface area (Å²) < 4.78 is 14.9. The van der Waals surface area contributed by atoms with E-state index in [4.69, 9.17) is 14.2 Å². The van der Waals surface area contributed by atoms with Gasteiger partial charge in [-0.2, -0.15) is 0 Å². The number of nitrogens with zero attached hydrogens (tertiary/aromatic N) is 1. The lowest BCUT2D eigenvalue weighted by Gasteiger charge is -2.28. The van der Waals surface area contributed by atoms with E-state index >= 15 is 0 Å². The topological polar surface area (TPSA) is 100 Å². The Balaban J connectivity index is 5.72. The average Bonchev–Trinajstić information content (AvgIpc) is 2.54. The molecule has 24 heavy (non-hydrogen) atoms. The van der Waals surface area contributed by atoms with Gasteiger partial charge >= 0.3 is 17.9 Å². The Morgan fingerprint density at radius 2 is 1.50 bits per heavy atom. The van der Waals surface area contributed by atoms with Gasteiger partial charge in [0.15, 0.2) is 5.41 Å². The van der Waals surface area contributed by atoms with Gasteiger partial charge in [-0.15, -0.1) is 0 Å². The van der Waals surface area contributed by atoms with Crippen LogP contribution >= 0.6 is 0 Å². The zero-order chi connectivity index (χ0) is 18.6. The number of carbonyl (C=O) groups is 3. The Kier molecular flexibility index (Phi) is 10.1. The summed E-state index contributed by atoms with van der Waals surface area (Å²) in [7, 11) is 1.32. The van der Waals surface area contributed by atoms with Crippen LogP contribution in [0.5, 0.6) is 0 Å². The lowest BCUT2D eigenvalue weighted by Crippen LogP contribution is -2.43. The normalized spacial score (nSPS) is 11.0. The van der Waals surface area contributed by atoms with Gasteiger partial charge in [0.1, 0.15) is 7.11 Å². The Bertz CT molecular complexity index is 467. The fraction of sp³-hybridized carbons (Fsp3) is 0.625. The smallest absolute Gasteiger partial charge is 0.333 e. The van der Waals surface area contributed by atoms with Crippen LogP contribution in [0.3, 0.4) is 0 Å². The molecule has 0 saturated heterocycles. The Morgan fingerprint density at radius 1 is 1.00 bits per heavy atom. The maximum absolute atomic E-state index is 12.5. The molecule has 0 atom stereocenters. The Morgan fingerprint density at radius 3 is 1.92 bits per heavy atom. The van der Waals surface area contributed by atoms with Gasteiger partial charge in [0.2, 0.25) is 0 Å². The number of carbonyl (C=O) groups excluding carboxylic acids is 3. The van der Waals surface area contributed by atoms with Crippen molar-refractivity contribution in [3.63, 3.8) is 0 Å². The van der Waals surface area contributed by atoms with Crippen LogP contribution in [0.1, 0.15) is 33.6 Å². The van der Waals surface area contributed by atoms with E-state index in [0.717, 1.165) is 0 Å². The Labute approximate surface area is 141 Å². The molecule has 8 heteroatoms. The number of hydrogen-bond donors (Lipinski definition) is 0. The monoisotopic (exact) mass is 343 g/mol. The molecule has 0 saturated carbocycles. The summed E-state index contributed by atoms with van der Waals surface area (Å²) in [5.41, 5.74) is -1.82. The van der Waals surface area contributed by atoms with Crippen LogP contribution in [0.4, 0.5) is 0 Å². The molecule has 0 aliphatic carbocycles. The zero-order valence-electron chi connectivity index (χ0n) is 14.6. The summed E-state index contributed by atoms with van der Waals surface area (Å²) in [4.78, 5) is 41.3. The molecule has 0 aromatic rings. The van der Waals surface area contributed by atoms with Crippen molar-refractivity contribution in [3.05, 3.63) is 12.2 Å². The van der Waals surface area contributed by atoms with Gasteiger partial charge < -0.3 is 19.0 Å². The second-order valence-corrected chi connectivity index (χ2v) is 4.70. The fourth-order valence-electron chi connectivity index (χ4n) is 1.94. The van der Waals surface area contributed by atoms with Gasteiger partial charge in [-0.1, -0.05) is 11.7 Å². The van der Waals surface area contributed by atoms with Crippen molar-refractivity contribution >= 4 is 24.1 Å². The molecule has 0 spiro atoms. The molecule has 0 amide bonds. The van der Waals surface area contributed by atoms with Crippen LogP contribution < -0.4 is 0 Å². The van der Waals surface area contributed by atoms with Gasteiger partial charge in [-0.3, -0.25) is 9.59 Å². The molecular formula is C16H25NO7. The molecule has 0 bridgehead atoms. The van der Waals surface area contributed by atoms with Gasteiger partial charge in [-0.25, -0.2) is 4.79 Å². The van der Waals surface area contributed by atoms with Crippen LogP contribution in [0.2, 0.25) is 0 Å². The summed E-state index contributed by atoms with van der Waals surface area (Å²) in [5, 5.41) is 3.54. The summed E-state index contributed by atoms with van der Waals surface area (Å²) in [6, 6.07) is 0. The van der Waals surface area contributed by atoms with Crippen LogP contribution in [0.15, 0.2) is 17.3 Å². The SMILES string of the molecule is C=C(CC(C/C=N/OC)(C(=O)OCC)C(=O)OCC)C(=O)OCC. The average molecular weight is 343 g/mol. The molecule has 0 radical (unpaired) electrons. The predicted molar refractivity (Wildman–Crippen MR) is 86.2 cm³/mol. The maximum Gasteiger partial charge on any atom is 0.333 e. The first-order valence-electron chi connectivity index (χ1n) is 7.63. The molecule has 0 aromatic heterocycles. The van der Waals surface area contributed by atoms with Crippen molar-refractivity contribution in [1.29, 1.82) is 0 Å². The number of oxime groups is 1. The zero-order valence-corrected chi connectivity index (χ0v) is 14.6. The highest BCUT2D eigenvalue weighted by molar-refractivity contribution is 6.04. The van der Waals surface area contributed by atoms with Crippen molar-refractivity contribution in [2.45, 2.75) is 33.6 Å².